The Bertz CT molecular complexity index is 1030. The van der Waals surface area contributed by atoms with Crippen molar-refractivity contribution >= 4 is 29.3 Å². The van der Waals surface area contributed by atoms with E-state index in [0.29, 0.717) is 11.4 Å². The number of anilines is 2. The highest BCUT2D eigenvalue weighted by atomic mass is 16.2. The highest BCUT2D eigenvalue weighted by Crippen LogP contribution is 2.16. The molecule has 0 radical (unpaired) electrons. The smallest absolute Gasteiger partial charge is 0.249 e. The van der Waals surface area contributed by atoms with Crippen LogP contribution < -0.4 is 10.6 Å². The van der Waals surface area contributed by atoms with Gasteiger partial charge in [-0.05, 0) is 51.1 Å². The monoisotopic (exact) mass is 393 g/mol. The van der Waals surface area contributed by atoms with Gasteiger partial charge < -0.3 is 10.6 Å². The Morgan fingerprint density at radius 1 is 1.10 bits per heavy atom. The fourth-order valence-corrected chi connectivity index (χ4v) is 2.80. The molecule has 0 aliphatic heterocycles. The molecule has 0 bridgehead atoms. The first-order chi connectivity index (χ1) is 13.8. The van der Waals surface area contributed by atoms with Crippen LogP contribution in [0.25, 0.3) is 6.08 Å². The van der Waals surface area contributed by atoms with E-state index in [0.717, 1.165) is 17.0 Å². The van der Waals surface area contributed by atoms with Gasteiger partial charge in [-0.2, -0.15) is 10.2 Å². The first-order valence-corrected chi connectivity index (χ1v) is 9.09. The Hall–Kier alpha value is -3.75. The molecule has 2 aromatic heterocycles. The molecule has 0 spiro atoms. The van der Waals surface area contributed by atoms with Crippen LogP contribution in [0.2, 0.25) is 0 Å². The van der Waals surface area contributed by atoms with Gasteiger partial charge in [0, 0.05) is 35.8 Å². The van der Waals surface area contributed by atoms with E-state index in [9.17, 15) is 9.59 Å². The second-order valence-electron chi connectivity index (χ2n) is 6.65. The lowest BCUT2D eigenvalue weighted by Gasteiger charge is -2.12. The summed E-state index contributed by atoms with van der Waals surface area (Å²) in [5.74, 6) is -0.457. The Kier molecular flexibility index (Phi) is 5.87. The van der Waals surface area contributed by atoms with E-state index in [2.05, 4.69) is 25.8 Å². The summed E-state index contributed by atoms with van der Waals surface area (Å²) in [6.07, 6.45) is 6.11. The van der Waals surface area contributed by atoms with Gasteiger partial charge >= 0.3 is 0 Å². The van der Waals surface area contributed by atoms with Crippen molar-refractivity contribution in [1.82, 2.24) is 24.5 Å². The lowest BCUT2D eigenvalue weighted by atomic mass is 10.2. The number of amides is 2. The van der Waals surface area contributed by atoms with Gasteiger partial charge in [-0.15, -0.1) is 0 Å². The van der Waals surface area contributed by atoms with Crippen molar-refractivity contribution in [2.24, 2.45) is 7.05 Å². The number of rotatable bonds is 6. The Morgan fingerprint density at radius 2 is 1.76 bits per heavy atom. The average molecular weight is 393 g/mol. The van der Waals surface area contributed by atoms with E-state index >= 15 is 0 Å². The van der Waals surface area contributed by atoms with E-state index < -0.39 is 6.04 Å². The number of nitrogens with zero attached hydrogens (tertiary/aromatic N) is 5. The van der Waals surface area contributed by atoms with Gasteiger partial charge in [-0.1, -0.05) is 0 Å². The second-order valence-corrected chi connectivity index (χ2v) is 6.65. The summed E-state index contributed by atoms with van der Waals surface area (Å²) in [4.78, 5) is 28.3. The molecule has 0 aliphatic rings. The average Bonchev–Trinajstić information content (AvgIpc) is 3.30. The molecule has 3 aromatic rings. The maximum absolute atomic E-state index is 12.3. The largest absolute Gasteiger partial charge is 0.324 e. The Labute approximate surface area is 168 Å². The zero-order valence-corrected chi connectivity index (χ0v) is 16.7. The maximum Gasteiger partial charge on any atom is 0.249 e. The Morgan fingerprint density at radius 3 is 2.31 bits per heavy atom. The van der Waals surface area contributed by atoms with Crippen molar-refractivity contribution < 1.29 is 9.59 Å². The van der Waals surface area contributed by atoms with Crippen molar-refractivity contribution in [2.45, 2.75) is 26.8 Å². The molecule has 1 atom stereocenters. The van der Waals surface area contributed by atoms with Gasteiger partial charge in [-0.3, -0.25) is 14.3 Å². The molecule has 9 heteroatoms. The topological polar surface area (TPSA) is 107 Å². The third-order valence-corrected chi connectivity index (χ3v) is 4.60. The first kappa shape index (κ1) is 20.0. The molecule has 2 amide bonds. The minimum Gasteiger partial charge on any atom is -0.324 e. The highest BCUT2D eigenvalue weighted by molar-refractivity contribution is 6.02. The van der Waals surface area contributed by atoms with Gasteiger partial charge in [0.15, 0.2) is 0 Å². The molecule has 2 N–H and O–H groups in total. The number of aryl methyl sites for hydroxylation is 2. The number of aromatic nitrogens is 5. The van der Waals surface area contributed by atoms with Gasteiger partial charge in [0.1, 0.15) is 18.7 Å². The van der Waals surface area contributed by atoms with E-state index in [1.54, 1.807) is 41.9 Å². The molecule has 0 fully saturated rings. The number of hydrogen-bond acceptors (Lipinski definition) is 5. The molecule has 2 heterocycles. The fraction of sp³-hybridized carbons (Fsp3) is 0.250. The second kappa shape index (κ2) is 8.51. The van der Waals surface area contributed by atoms with Crippen LogP contribution in [-0.2, 0) is 16.6 Å². The van der Waals surface area contributed by atoms with E-state index in [4.69, 9.17) is 0 Å². The van der Waals surface area contributed by atoms with Crippen LogP contribution in [0.3, 0.4) is 0 Å². The van der Waals surface area contributed by atoms with Crippen LogP contribution in [0, 0.1) is 13.8 Å². The van der Waals surface area contributed by atoms with Crippen molar-refractivity contribution in [3.8, 4) is 0 Å². The molecule has 0 saturated carbocycles. The fourth-order valence-electron chi connectivity index (χ4n) is 2.80. The third-order valence-electron chi connectivity index (χ3n) is 4.60. The zero-order chi connectivity index (χ0) is 21.0. The normalized spacial score (nSPS) is 12.1. The van der Waals surface area contributed by atoms with Gasteiger partial charge in [-0.25, -0.2) is 9.67 Å². The summed E-state index contributed by atoms with van der Waals surface area (Å²) in [5, 5.41) is 13.9. The summed E-state index contributed by atoms with van der Waals surface area (Å²) >= 11 is 0. The molecule has 0 saturated heterocycles. The molecular formula is C20H23N7O2. The molecule has 1 unspecified atom stereocenters. The predicted molar refractivity (Wildman–Crippen MR) is 110 cm³/mol. The van der Waals surface area contributed by atoms with Crippen molar-refractivity contribution in [3.05, 3.63) is 59.9 Å². The highest BCUT2D eigenvalue weighted by Gasteiger charge is 2.15. The van der Waals surface area contributed by atoms with Crippen molar-refractivity contribution in [2.75, 3.05) is 10.6 Å². The molecule has 150 valence electrons. The summed E-state index contributed by atoms with van der Waals surface area (Å²) in [6.45, 7) is 5.59. The third kappa shape index (κ3) is 4.75. The number of carbonyl (C=O) groups excluding carboxylic acids is 2. The first-order valence-electron chi connectivity index (χ1n) is 9.09. The molecule has 1 aromatic carbocycles. The van der Waals surface area contributed by atoms with Gasteiger partial charge in [0.2, 0.25) is 11.8 Å². The molecule has 0 aliphatic carbocycles. The van der Waals surface area contributed by atoms with E-state index in [1.807, 2.05) is 20.9 Å². The van der Waals surface area contributed by atoms with E-state index in [-0.39, 0.29) is 11.8 Å². The number of hydrogen-bond donors (Lipinski definition) is 2. The minimum absolute atomic E-state index is 0.211. The quantitative estimate of drug-likeness (QED) is 0.626. The lowest BCUT2D eigenvalue weighted by Crippen LogP contribution is -2.24. The molecule has 9 nitrogen and oxygen atoms in total. The predicted octanol–water partition coefficient (Wildman–Crippen LogP) is 2.48. The van der Waals surface area contributed by atoms with Crippen molar-refractivity contribution in [3.63, 3.8) is 0 Å². The minimum atomic E-state index is -0.485. The van der Waals surface area contributed by atoms with Crippen LogP contribution in [0.4, 0.5) is 11.4 Å². The summed E-state index contributed by atoms with van der Waals surface area (Å²) < 4.78 is 3.26. The van der Waals surface area contributed by atoms with Crippen LogP contribution in [0.1, 0.15) is 29.9 Å². The zero-order valence-electron chi connectivity index (χ0n) is 16.7. The van der Waals surface area contributed by atoms with Crippen LogP contribution in [0.5, 0.6) is 0 Å². The summed E-state index contributed by atoms with van der Waals surface area (Å²) in [7, 11) is 1.87. The molecular weight excluding hydrogens is 370 g/mol. The molecule has 3 rings (SSSR count). The van der Waals surface area contributed by atoms with Gasteiger partial charge in [0.25, 0.3) is 0 Å². The lowest BCUT2D eigenvalue weighted by molar-refractivity contribution is -0.119. The van der Waals surface area contributed by atoms with Gasteiger partial charge in [0.05, 0.1) is 5.69 Å². The Balaban J connectivity index is 1.58. The summed E-state index contributed by atoms with van der Waals surface area (Å²) in [5.41, 5.74) is 4.04. The SMILES string of the molecule is Cc1nn(C)c(C)c1/C=C/C(=O)Nc1ccc(NC(=O)C(C)n2cncn2)cc1. The number of benzene rings is 1. The van der Waals surface area contributed by atoms with Crippen LogP contribution in [-0.4, -0.2) is 36.4 Å². The van der Waals surface area contributed by atoms with E-state index in [1.165, 1.54) is 23.4 Å². The summed E-state index contributed by atoms with van der Waals surface area (Å²) in [6, 6.07) is 6.41. The number of nitrogens with one attached hydrogen (secondary N) is 2. The standard InChI is InChI=1S/C20H23N7O2/c1-13-18(14(2)26(4)25-13)9-10-19(28)23-16-5-7-17(8-6-16)24-20(29)15(3)27-12-21-11-22-27/h5-12,15H,1-4H3,(H,23,28)(H,24,29)/b10-9+. The van der Waals surface area contributed by atoms with Crippen LogP contribution >= 0.6 is 0 Å². The number of carbonyl (C=O) groups is 2. The van der Waals surface area contributed by atoms with Crippen LogP contribution in [0.15, 0.2) is 43.0 Å². The van der Waals surface area contributed by atoms with Crippen molar-refractivity contribution in [1.29, 1.82) is 0 Å². The maximum atomic E-state index is 12.3. The molecule has 29 heavy (non-hydrogen) atoms.